The second kappa shape index (κ2) is 7.04. The lowest BCUT2D eigenvalue weighted by Gasteiger charge is -2.24. The fraction of sp³-hybridized carbons (Fsp3) is 0.500. The van der Waals surface area contributed by atoms with Crippen LogP contribution in [0.5, 0.6) is 0 Å². The van der Waals surface area contributed by atoms with E-state index in [1.54, 1.807) is 0 Å². The fourth-order valence-corrected chi connectivity index (χ4v) is 2.43. The van der Waals surface area contributed by atoms with Crippen LogP contribution in [0.1, 0.15) is 29.9 Å². The minimum atomic E-state index is -0.674. The number of hydrogen-bond donors (Lipinski definition) is 3. The van der Waals surface area contributed by atoms with E-state index in [0.717, 1.165) is 11.5 Å². The van der Waals surface area contributed by atoms with Crippen molar-refractivity contribution in [3.63, 3.8) is 0 Å². The summed E-state index contributed by atoms with van der Waals surface area (Å²) in [6.45, 7) is 3.19. The monoisotopic (exact) mass is 324 g/mol. The van der Waals surface area contributed by atoms with Gasteiger partial charge in [-0.15, -0.1) is 0 Å². The minimum absolute atomic E-state index is 0.0766. The molecule has 0 bridgehead atoms. The van der Waals surface area contributed by atoms with Crippen LogP contribution in [0.4, 0.5) is 0 Å². The van der Waals surface area contributed by atoms with E-state index in [4.69, 9.17) is 28.9 Å². The third-order valence-electron chi connectivity index (χ3n) is 2.35. The Labute approximate surface area is 124 Å². The lowest BCUT2D eigenvalue weighted by atomic mass is 10.2. The van der Waals surface area contributed by atoms with Gasteiger partial charge < -0.3 is 16.4 Å². The predicted octanol–water partition coefficient (Wildman–Crippen LogP) is 1.38. The van der Waals surface area contributed by atoms with Crippen LogP contribution in [0, 0.1) is 0 Å². The van der Waals surface area contributed by atoms with Crippen LogP contribution in [0.15, 0.2) is 0 Å². The third kappa shape index (κ3) is 4.31. The van der Waals surface area contributed by atoms with Gasteiger partial charge in [-0.1, -0.05) is 30.1 Å². The maximum atomic E-state index is 12.0. The van der Waals surface area contributed by atoms with E-state index in [1.807, 2.05) is 6.92 Å². The van der Waals surface area contributed by atoms with Gasteiger partial charge in [0, 0.05) is 13.0 Å². The van der Waals surface area contributed by atoms with Crippen molar-refractivity contribution in [1.82, 2.24) is 15.0 Å². The van der Waals surface area contributed by atoms with Crippen LogP contribution < -0.4 is 16.4 Å². The van der Waals surface area contributed by atoms with Crippen LogP contribution in [0.2, 0.25) is 10.2 Å². The number of amides is 2. The van der Waals surface area contributed by atoms with Gasteiger partial charge in [0.1, 0.15) is 16.1 Å². The standard InChI is InChI=1S/C10H14Cl2N4O2S/c1-3-5(13)9(14-4(2)17)15-10(18)7-6(11)8(12)16-19-7/h5,9H,3,13H2,1-2H3,(H,14,17)(H,15,18). The summed E-state index contributed by atoms with van der Waals surface area (Å²) in [5.41, 5.74) is 5.83. The molecule has 6 nitrogen and oxygen atoms in total. The number of carbonyl (C=O) groups is 2. The zero-order valence-corrected chi connectivity index (χ0v) is 12.7. The summed E-state index contributed by atoms with van der Waals surface area (Å²) < 4.78 is 3.77. The predicted molar refractivity (Wildman–Crippen MR) is 75.5 cm³/mol. The highest BCUT2D eigenvalue weighted by molar-refractivity contribution is 7.09. The fourth-order valence-electron chi connectivity index (χ4n) is 1.31. The number of halogens is 2. The summed E-state index contributed by atoms with van der Waals surface area (Å²) in [6.07, 6.45) is -0.0884. The second-order valence-corrected chi connectivity index (χ2v) is 5.35. The molecule has 1 heterocycles. The van der Waals surface area contributed by atoms with E-state index < -0.39 is 18.1 Å². The molecule has 106 valence electrons. The zero-order valence-electron chi connectivity index (χ0n) is 10.4. The molecule has 2 atom stereocenters. The van der Waals surface area contributed by atoms with Gasteiger partial charge in [-0.05, 0) is 18.0 Å². The molecule has 0 aliphatic carbocycles. The van der Waals surface area contributed by atoms with E-state index in [2.05, 4.69) is 15.0 Å². The van der Waals surface area contributed by atoms with Crippen LogP contribution >= 0.6 is 34.7 Å². The van der Waals surface area contributed by atoms with E-state index in [-0.39, 0.29) is 21.0 Å². The van der Waals surface area contributed by atoms with Gasteiger partial charge in [-0.25, -0.2) is 0 Å². The first-order chi connectivity index (χ1) is 8.86. The van der Waals surface area contributed by atoms with Crippen molar-refractivity contribution in [2.75, 3.05) is 0 Å². The Morgan fingerprint density at radius 3 is 2.47 bits per heavy atom. The first kappa shape index (κ1) is 16.2. The zero-order chi connectivity index (χ0) is 14.6. The van der Waals surface area contributed by atoms with Gasteiger partial charge >= 0.3 is 0 Å². The maximum Gasteiger partial charge on any atom is 0.266 e. The Morgan fingerprint density at radius 1 is 1.42 bits per heavy atom. The summed E-state index contributed by atoms with van der Waals surface area (Å²) in [4.78, 5) is 23.3. The topological polar surface area (TPSA) is 97.1 Å². The van der Waals surface area contributed by atoms with Crippen molar-refractivity contribution in [2.45, 2.75) is 32.5 Å². The highest BCUT2D eigenvalue weighted by atomic mass is 35.5. The second-order valence-electron chi connectivity index (χ2n) is 3.84. The number of hydrogen-bond acceptors (Lipinski definition) is 5. The molecule has 0 spiro atoms. The van der Waals surface area contributed by atoms with Gasteiger partial charge in [0.05, 0.1) is 0 Å². The largest absolute Gasteiger partial charge is 0.335 e. The number of nitrogens with one attached hydrogen (secondary N) is 2. The van der Waals surface area contributed by atoms with Gasteiger partial charge in [0.2, 0.25) is 5.91 Å². The van der Waals surface area contributed by atoms with E-state index in [0.29, 0.717) is 6.42 Å². The molecule has 4 N–H and O–H groups in total. The van der Waals surface area contributed by atoms with Crippen molar-refractivity contribution >= 4 is 46.5 Å². The van der Waals surface area contributed by atoms with E-state index >= 15 is 0 Å². The molecule has 0 aliphatic rings. The minimum Gasteiger partial charge on any atom is -0.335 e. The Balaban J connectivity index is 2.81. The summed E-state index contributed by atoms with van der Waals surface area (Å²) in [6, 6.07) is -0.407. The quantitative estimate of drug-likeness (QED) is 0.713. The highest BCUT2D eigenvalue weighted by Crippen LogP contribution is 2.28. The molecule has 0 aromatic carbocycles. The molecule has 1 rings (SSSR count). The first-order valence-corrected chi connectivity index (χ1v) is 7.04. The highest BCUT2D eigenvalue weighted by Gasteiger charge is 2.23. The average Bonchev–Trinajstić information content (AvgIpc) is 2.67. The summed E-state index contributed by atoms with van der Waals surface area (Å²) in [7, 11) is 0. The van der Waals surface area contributed by atoms with Crippen molar-refractivity contribution in [3.05, 3.63) is 15.1 Å². The van der Waals surface area contributed by atoms with Crippen molar-refractivity contribution in [3.8, 4) is 0 Å². The number of rotatable bonds is 5. The molecular formula is C10H14Cl2N4O2S. The summed E-state index contributed by atoms with van der Waals surface area (Å²) in [5, 5.41) is 5.34. The lowest BCUT2D eigenvalue weighted by molar-refractivity contribution is -0.119. The molecule has 19 heavy (non-hydrogen) atoms. The lowest BCUT2D eigenvalue weighted by Crippen LogP contribution is -2.57. The number of nitrogens with two attached hydrogens (primary N) is 1. The van der Waals surface area contributed by atoms with Gasteiger partial charge in [-0.3, -0.25) is 9.59 Å². The molecule has 0 saturated carbocycles. The van der Waals surface area contributed by atoms with Gasteiger partial charge in [0.15, 0.2) is 5.15 Å². The molecule has 0 radical (unpaired) electrons. The van der Waals surface area contributed by atoms with E-state index in [1.165, 1.54) is 6.92 Å². The van der Waals surface area contributed by atoms with Crippen LogP contribution in [-0.2, 0) is 4.79 Å². The molecule has 1 aromatic rings. The molecule has 0 fully saturated rings. The first-order valence-electron chi connectivity index (χ1n) is 5.51. The molecule has 1 aromatic heterocycles. The van der Waals surface area contributed by atoms with Gasteiger partial charge in [0.25, 0.3) is 5.91 Å². The molecule has 0 saturated heterocycles. The third-order valence-corrected chi connectivity index (χ3v) is 4.15. The van der Waals surface area contributed by atoms with Crippen molar-refractivity contribution < 1.29 is 9.59 Å². The van der Waals surface area contributed by atoms with Crippen molar-refractivity contribution in [2.24, 2.45) is 5.73 Å². The Kier molecular flexibility index (Phi) is 5.99. The SMILES string of the molecule is CCC(N)C(NC(C)=O)NC(=O)c1snc(Cl)c1Cl. The Morgan fingerprint density at radius 2 is 2.05 bits per heavy atom. The number of carbonyl (C=O) groups excluding carboxylic acids is 2. The molecule has 2 unspecified atom stereocenters. The Bertz CT molecular complexity index is 480. The summed E-state index contributed by atoms with van der Waals surface area (Å²) >= 11 is 12.4. The normalized spacial score (nSPS) is 13.7. The average molecular weight is 325 g/mol. The number of aromatic nitrogens is 1. The molecular weight excluding hydrogens is 311 g/mol. The molecule has 2 amide bonds. The van der Waals surface area contributed by atoms with Crippen molar-refractivity contribution in [1.29, 1.82) is 0 Å². The van der Waals surface area contributed by atoms with Crippen LogP contribution in [-0.4, -0.2) is 28.4 Å². The number of nitrogens with zero attached hydrogens (tertiary/aromatic N) is 1. The van der Waals surface area contributed by atoms with E-state index in [9.17, 15) is 9.59 Å². The van der Waals surface area contributed by atoms with Crippen LogP contribution in [0.25, 0.3) is 0 Å². The summed E-state index contributed by atoms with van der Waals surface area (Å²) in [5.74, 6) is -0.764. The van der Waals surface area contributed by atoms with Gasteiger partial charge in [-0.2, -0.15) is 4.37 Å². The smallest absolute Gasteiger partial charge is 0.266 e. The van der Waals surface area contributed by atoms with Crippen LogP contribution in [0.3, 0.4) is 0 Å². The maximum absolute atomic E-state index is 12.0. The Hall–Kier alpha value is -0.890. The molecule has 9 heteroatoms. The molecule has 0 aliphatic heterocycles.